The molecule has 0 saturated carbocycles. The second-order valence-electron chi connectivity index (χ2n) is 6.74. The first-order valence-corrected chi connectivity index (χ1v) is 9.02. The van der Waals surface area contributed by atoms with Crippen molar-refractivity contribution >= 4 is 17.5 Å². The van der Waals surface area contributed by atoms with Crippen LogP contribution < -0.4 is 5.73 Å². The van der Waals surface area contributed by atoms with Gasteiger partial charge in [0, 0.05) is 28.5 Å². The summed E-state index contributed by atoms with van der Waals surface area (Å²) in [6, 6.07) is 7.65. The minimum atomic E-state index is -0.363. The van der Waals surface area contributed by atoms with E-state index in [-0.39, 0.29) is 5.91 Å². The lowest BCUT2D eigenvalue weighted by Crippen LogP contribution is -2.13. The van der Waals surface area contributed by atoms with Crippen molar-refractivity contribution in [3.63, 3.8) is 0 Å². The lowest BCUT2D eigenvalue weighted by Gasteiger charge is -2.14. The molecule has 0 fully saturated rings. The normalized spacial score (nSPS) is 11.2. The zero-order valence-corrected chi connectivity index (χ0v) is 15.8. The number of benzene rings is 1. The molecule has 2 N–H and O–H groups in total. The van der Waals surface area contributed by atoms with E-state index >= 15 is 0 Å². The fourth-order valence-electron chi connectivity index (χ4n) is 3.21. The van der Waals surface area contributed by atoms with Gasteiger partial charge in [-0.25, -0.2) is 0 Å². The molecular weight excluding hydrogens is 320 g/mol. The number of halogens is 1. The Hall–Kier alpha value is -1.74. The molecule has 1 heterocycles. The Morgan fingerprint density at radius 2 is 1.88 bits per heavy atom. The van der Waals surface area contributed by atoms with Crippen molar-refractivity contribution in [2.45, 2.75) is 53.5 Å². The van der Waals surface area contributed by atoms with Crippen LogP contribution in [0.5, 0.6) is 0 Å². The van der Waals surface area contributed by atoms with Crippen LogP contribution in [0.1, 0.15) is 55.4 Å². The van der Waals surface area contributed by atoms with Crippen LogP contribution in [0, 0.1) is 12.8 Å². The van der Waals surface area contributed by atoms with Crippen LogP contribution in [0.25, 0.3) is 11.1 Å². The molecule has 130 valence electrons. The van der Waals surface area contributed by atoms with Gasteiger partial charge in [-0.1, -0.05) is 50.9 Å². The Morgan fingerprint density at radius 3 is 2.38 bits per heavy atom. The highest BCUT2D eigenvalue weighted by atomic mass is 35.5. The van der Waals surface area contributed by atoms with E-state index in [0.717, 1.165) is 42.6 Å². The fraction of sp³-hybridized carbons (Fsp3) is 0.450. The summed E-state index contributed by atoms with van der Waals surface area (Å²) in [5, 5.41) is 0.687. The van der Waals surface area contributed by atoms with E-state index in [2.05, 4.69) is 25.3 Å². The maximum atomic E-state index is 12.2. The number of nitrogens with zero attached hydrogens (tertiary/aromatic N) is 1. The molecule has 1 aromatic heterocycles. The van der Waals surface area contributed by atoms with E-state index in [1.165, 1.54) is 5.69 Å². The van der Waals surface area contributed by atoms with Gasteiger partial charge in [0.2, 0.25) is 0 Å². The van der Waals surface area contributed by atoms with Crippen LogP contribution in [0.15, 0.2) is 24.3 Å². The first-order valence-electron chi connectivity index (χ1n) is 8.64. The van der Waals surface area contributed by atoms with Gasteiger partial charge in [-0.2, -0.15) is 0 Å². The van der Waals surface area contributed by atoms with Crippen LogP contribution in [0.4, 0.5) is 0 Å². The van der Waals surface area contributed by atoms with Gasteiger partial charge in [0.25, 0.3) is 5.91 Å². The number of nitrogens with two attached hydrogens (primary N) is 1. The number of carbonyl (C=O) groups excluding carboxylic acids is 1. The summed E-state index contributed by atoms with van der Waals surface area (Å²) >= 11 is 6.03. The molecule has 0 atom stereocenters. The van der Waals surface area contributed by atoms with Crippen LogP contribution in [0.2, 0.25) is 5.02 Å². The van der Waals surface area contributed by atoms with Gasteiger partial charge in [-0.15, -0.1) is 0 Å². The van der Waals surface area contributed by atoms with Gasteiger partial charge in [0.15, 0.2) is 0 Å². The molecule has 0 unspecified atom stereocenters. The number of aromatic nitrogens is 1. The molecule has 1 amide bonds. The van der Waals surface area contributed by atoms with Crippen molar-refractivity contribution in [2.24, 2.45) is 11.7 Å². The fourth-order valence-corrected chi connectivity index (χ4v) is 3.34. The number of primary amides is 1. The first-order chi connectivity index (χ1) is 11.4. The summed E-state index contributed by atoms with van der Waals surface area (Å²) in [4.78, 5) is 12.2. The minimum absolute atomic E-state index is 0.363. The van der Waals surface area contributed by atoms with Crippen molar-refractivity contribution < 1.29 is 4.79 Å². The summed E-state index contributed by atoms with van der Waals surface area (Å²) in [6.45, 7) is 9.50. The molecule has 3 nitrogen and oxygen atoms in total. The summed E-state index contributed by atoms with van der Waals surface area (Å²) in [6.07, 6.45) is 3.01. The predicted octanol–water partition coefficient (Wildman–Crippen LogP) is 5.21. The Balaban J connectivity index is 2.67. The van der Waals surface area contributed by atoms with Crippen molar-refractivity contribution in [2.75, 3.05) is 0 Å². The van der Waals surface area contributed by atoms with Crippen molar-refractivity contribution in [1.29, 1.82) is 0 Å². The van der Waals surface area contributed by atoms with Crippen LogP contribution >= 0.6 is 11.6 Å². The number of hydrogen-bond donors (Lipinski definition) is 1. The average Bonchev–Trinajstić information content (AvgIpc) is 2.79. The van der Waals surface area contributed by atoms with Gasteiger partial charge in [0.1, 0.15) is 0 Å². The Bertz CT molecular complexity index is 714. The van der Waals surface area contributed by atoms with Gasteiger partial charge in [-0.3, -0.25) is 4.79 Å². The Labute approximate surface area is 149 Å². The zero-order valence-electron chi connectivity index (χ0n) is 15.0. The van der Waals surface area contributed by atoms with E-state index < -0.39 is 0 Å². The van der Waals surface area contributed by atoms with Gasteiger partial charge < -0.3 is 10.3 Å². The summed E-state index contributed by atoms with van der Waals surface area (Å²) in [5.74, 6) is 0.246. The molecule has 0 spiro atoms. The van der Waals surface area contributed by atoms with E-state index in [4.69, 9.17) is 17.3 Å². The average molecular weight is 347 g/mol. The molecule has 0 bridgehead atoms. The maximum Gasteiger partial charge on any atom is 0.251 e. The quantitative estimate of drug-likeness (QED) is 0.734. The molecule has 0 radical (unpaired) electrons. The minimum Gasteiger partial charge on any atom is -0.366 e. The number of carbonyl (C=O) groups is 1. The maximum absolute atomic E-state index is 12.2. The highest BCUT2D eigenvalue weighted by molar-refractivity contribution is 6.30. The van der Waals surface area contributed by atoms with Crippen molar-refractivity contribution in [1.82, 2.24) is 4.57 Å². The third kappa shape index (κ3) is 3.84. The predicted molar refractivity (Wildman–Crippen MR) is 102 cm³/mol. The summed E-state index contributed by atoms with van der Waals surface area (Å²) in [7, 11) is 0. The molecule has 24 heavy (non-hydrogen) atoms. The third-order valence-corrected chi connectivity index (χ3v) is 4.68. The molecule has 0 aliphatic carbocycles. The van der Waals surface area contributed by atoms with Crippen LogP contribution in [0.3, 0.4) is 0 Å². The zero-order chi connectivity index (χ0) is 17.9. The summed E-state index contributed by atoms with van der Waals surface area (Å²) in [5.41, 5.74) is 10.5. The van der Waals surface area contributed by atoms with Gasteiger partial charge in [0.05, 0.1) is 5.56 Å². The smallest absolute Gasteiger partial charge is 0.251 e. The Morgan fingerprint density at radius 1 is 1.25 bits per heavy atom. The lowest BCUT2D eigenvalue weighted by molar-refractivity contribution is 0.1000. The lowest BCUT2D eigenvalue weighted by atomic mass is 9.98. The number of amides is 1. The van der Waals surface area contributed by atoms with E-state index in [0.29, 0.717) is 16.5 Å². The summed E-state index contributed by atoms with van der Waals surface area (Å²) < 4.78 is 2.29. The number of hydrogen-bond acceptors (Lipinski definition) is 1. The molecular formula is C20H27ClN2O. The van der Waals surface area contributed by atoms with Crippen molar-refractivity contribution in [3.05, 3.63) is 46.2 Å². The van der Waals surface area contributed by atoms with Gasteiger partial charge in [-0.05, 0) is 43.4 Å². The second kappa shape index (κ2) is 7.89. The molecule has 2 rings (SSSR count). The monoisotopic (exact) mass is 346 g/mol. The van der Waals surface area contributed by atoms with E-state index in [1.54, 1.807) is 0 Å². The Kier molecular flexibility index (Phi) is 6.11. The largest absolute Gasteiger partial charge is 0.366 e. The molecule has 0 aliphatic rings. The SMILES string of the molecule is CCCc1c(-c2ccc(Cl)cc2)c(C(N)=O)c(C)n1CCC(C)C. The van der Waals surface area contributed by atoms with Crippen LogP contribution in [-0.2, 0) is 13.0 Å². The topological polar surface area (TPSA) is 48.0 Å². The molecule has 4 heteroatoms. The highest BCUT2D eigenvalue weighted by Gasteiger charge is 2.24. The first kappa shape index (κ1) is 18.6. The number of rotatable bonds is 7. The van der Waals surface area contributed by atoms with E-state index in [9.17, 15) is 4.79 Å². The molecule has 0 aliphatic heterocycles. The second-order valence-corrected chi connectivity index (χ2v) is 7.17. The third-order valence-electron chi connectivity index (χ3n) is 4.43. The van der Waals surface area contributed by atoms with Crippen LogP contribution in [-0.4, -0.2) is 10.5 Å². The molecule has 2 aromatic rings. The molecule has 0 saturated heterocycles. The van der Waals surface area contributed by atoms with Gasteiger partial charge >= 0.3 is 0 Å². The van der Waals surface area contributed by atoms with E-state index in [1.807, 2.05) is 31.2 Å². The molecule has 1 aromatic carbocycles. The highest BCUT2D eigenvalue weighted by Crippen LogP contribution is 2.34. The van der Waals surface area contributed by atoms with Crippen molar-refractivity contribution in [3.8, 4) is 11.1 Å². The standard InChI is InChI=1S/C20H27ClN2O/c1-5-6-17-19(15-7-9-16(21)10-8-15)18(20(22)24)14(4)23(17)12-11-13(2)3/h7-10,13H,5-6,11-12H2,1-4H3,(H2,22,24).